The first kappa shape index (κ1) is 15.3. The highest BCUT2D eigenvalue weighted by Gasteiger charge is 2.27. The van der Waals surface area contributed by atoms with Crippen molar-refractivity contribution < 1.29 is 14.3 Å². The molecule has 4 N–H and O–H groups in total. The van der Waals surface area contributed by atoms with Gasteiger partial charge in [0.25, 0.3) is 0 Å². The summed E-state index contributed by atoms with van der Waals surface area (Å²) in [5.41, 5.74) is 12.6. The lowest BCUT2D eigenvalue weighted by Crippen LogP contribution is -2.43. The molecule has 0 saturated carbocycles. The van der Waals surface area contributed by atoms with Gasteiger partial charge in [-0.3, -0.25) is 9.59 Å². The number of amides is 2. The number of para-hydroxylation sites is 1. The number of nitrogens with zero attached hydrogens (tertiary/aromatic N) is 1. The van der Waals surface area contributed by atoms with Gasteiger partial charge in [0, 0.05) is 18.8 Å². The highest BCUT2D eigenvalue weighted by molar-refractivity contribution is 5.85. The molecule has 1 atom stereocenters. The Hall–Kier alpha value is -2.08. The molecule has 1 saturated heterocycles. The molecule has 0 spiro atoms. The van der Waals surface area contributed by atoms with Crippen LogP contribution in [-0.2, 0) is 20.9 Å². The number of hydrogen-bond acceptors (Lipinski definition) is 4. The Labute approximate surface area is 124 Å². The molecule has 21 heavy (non-hydrogen) atoms. The average Bonchev–Trinajstić information content (AvgIpc) is 2.48. The number of carbonyl (C=O) groups is 2. The summed E-state index contributed by atoms with van der Waals surface area (Å²) in [5.74, 6) is -0.839. The van der Waals surface area contributed by atoms with Crippen LogP contribution in [0.1, 0.15) is 18.4 Å². The number of hydrogen-bond donors (Lipinski definition) is 2. The molecule has 1 fully saturated rings. The molecule has 6 heteroatoms. The number of primary amides is 1. The van der Waals surface area contributed by atoms with Crippen molar-refractivity contribution in [3.8, 4) is 0 Å². The predicted molar refractivity (Wildman–Crippen MR) is 79.0 cm³/mol. The molecule has 2 amide bonds. The lowest BCUT2D eigenvalue weighted by atomic mass is 10.00. The summed E-state index contributed by atoms with van der Waals surface area (Å²) >= 11 is 0. The molecule has 0 radical (unpaired) electrons. The Bertz CT molecular complexity index is 513. The first-order chi connectivity index (χ1) is 10.1. The monoisotopic (exact) mass is 291 g/mol. The normalized spacial score (nSPS) is 18.2. The highest BCUT2D eigenvalue weighted by Crippen LogP contribution is 2.19. The minimum atomic E-state index is -0.533. The van der Waals surface area contributed by atoms with Crippen LogP contribution in [0.3, 0.4) is 0 Å². The second-order valence-electron chi connectivity index (χ2n) is 5.27. The molecule has 0 aromatic heterocycles. The molecule has 0 bridgehead atoms. The van der Waals surface area contributed by atoms with E-state index in [1.807, 2.05) is 18.2 Å². The summed E-state index contributed by atoms with van der Waals surface area (Å²) in [5, 5.41) is 0. The van der Waals surface area contributed by atoms with E-state index in [4.69, 9.17) is 16.2 Å². The third kappa shape index (κ3) is 4.19. The van der Waals surface area contributed by atoms with Gasteiger partial charge in [-0.15, -0.1) is 0 Å². The van der Waals surface area contributed by atoms with Crippen LogP contribution in [0, 0.1) is 5.92 Å². The zero-order valence-corrected chi connectivity index (χ0v) is 12.0. The topological polar surface area (TPSA) is 98.7 Å². The number of ether oxygens (including phenoxy) is 1. The maximum absolute atomic E-state index is 12.5. The molecular weight excluding hydrogens is 270 g/mol. The summed E-state index contributed by atoms with van der Waals surface area (Å²) in [6, 6.07) is 7.29. The molecule has 114 valence electrons. The van der Waals surface area contributed by atoms with Crippen molar-refractivity contribution in [2.45, 2.75) is 19.4 Å². The van der Waals surface area contributed by atoms with Crippen molar-refractivity contribution in [1.29, 1.82) is 0 Å². The average molecular weight is 291 g/mol. The molecule has 1 heterocycles. The lowest BCUT2D eigenvalue weighted by Gasteiger charge is -2.29. The highest BCUT2D eigenvalue weighted by atomic mass is 16.5. The third-order valence-corrected chi connectivity index (χ3v) is 3.58. The van der Waals surface area contributed by atoms with E-state index in [9.17, 15) is 9.59 Å². The lowest BCUT2D eigenvalue weighted by molar-refractivity contribution is -0.143. The standard InChI is InChI=1S/C15H21N3O3/c16-13-6-2-1-4-11(13)8-18(9-14(17)19)15(20)12-5-3-7-21-10-12/h1-2,4,6,12H,3,5,7-10,16H2,(H2,17,19). The number of rotatable bonds is 5. The Morgan fingerprint density at radius 2 is 2.10 bits per heavy atom. The summed E-state index contributed by atoms with van der Waals surface area (Å²) in [7, 11) is 0. The fourth-order valence-corrected chi connectivity index (χ4v) is 2.48. The van der Waals surface area contributed by atoms with E-state index in [-0.39, 0.29) is 24.9 Å². The third-order valence-electron chi connectivity index (χ3n) is 3.58. The van der Waals surface area contributed by atoms with E-state index < -0.39 is 5.91 Å². The van der Waals surface area contributed by atoms with E-state index in [2.05, 4.69) is 0 Å². The van der Waals surface area contributed by atoms with Crippen molar-refractivity contribution in [3.05, 3.63) is 29.8 Å². The van der Waals surface area contributed by atoms with Gasteiger partial charge in [-0.05, 0) is 24.5 Å². The number of benzene rings is 1. The van der Waals surface area contributed by atoms with Gasteiger partial charge in [0.1, 0.15) is 0 Å². The first-order valence-electron chi connectivity index (χ1n) is 7.06. The fraction of sp³-hybridized carbons (Fsp3) is 0.467. The largest absolute Gasteiger partial charge is 0.398 e. The van der Waals surface area contributed by atoms with Gasteiger partial charge < -0.3 is 21.1 Å². The van der Waals surface area contributed by atoms with Crippen LogP contribution in [-0.4, -0.2) is 36.5 Å². The van der Waals surface area contributed by atoms with Gasteiger partial charge in [-0.25, -0.2) is 0 Å². The van der Waals surface area contributed by atoms with Gasteiger partial charge in [-0.2, -0.15) is 0 Å². The quantitative estimate of drug-likeness (QED) is 0.772. The van der Waals surface area contributed by atoms with E-state index in [1.165, 1.54) is 4.90 Å². The molecule has 1 aromatic rings. The first-order valence-corrected chi connectivity index (χ1v) is 7.06. The van der Waals surface area contributed by atoms with Crippen LogP contribution in [0.5, 0.6) is 0 Å². The van der Waals surface area contributed by atoms with Gasteiger partial charge in [0.2, 0.25) is 11.8 Å². The minimum absolute atomic E-state index is 0.100. The molecule has 1 aliphatic rings. The Kier molecular flexibility index (Phi) is 5.16. The Morgan fingerprint density at radius 3 is 2.71 bits per heavy atom. The molecule has 1 aliphatic heterocycles. The van der Waals surface area contributed by atoms with Crippen molar-refractivity contribution in [3.63, 3.8) is 0 Å². The van der Waals surface area contributed by atoms with Crippen LogP contribution in [0.25, 0.3) is 0 Å². The van der Waals surface area contributed by atoms with Gasteiger partial charge in [-0.1, -0.05) is 18.2 Å². The zero-order chi connectivity index (χ0) is 15.2. The summed E-state index contributed by atoms with van der Waals surface area (Å²) < 4.78 is 5.34. The smallest absolute Gasteiger partial charge is 0.237 e. The van der Waals surface area contributed by atoms with Crippen LogP contribution in [0.2, 0.25) is 0 Å². The van der Waals surface area contributed by atoms with Crippen LogP contribution in [0.4, 0.5) is 5.69 Å². The molecule has 2 rings (SSSR count). The van der Waals surface area contributed by atoms with Crippen molar-refractivity contribution in [2.75, 3.05) is 25.5 Å². The van der Waals surface area contributed by atoms with Crippen LogP contribution >= 0.6 is 0 Å². The second kappa shape index (κ2) is 7.08. The molecule has 6 nitrogen and oxygen atoms in total. The van der Waals surface area contributed by atoms with Crippen molar-refractivity contribution in [2.24, 2.45) is 11.7 Å². The number of nitrogen functional groups attached to an aromatic ring is 1. The Morgan fingerprint density at radius 1 is 1.33 bits per heavy atom. The molecule has 1 unspecified atom stereocenters. The second-order valence-corrected chi connectivity index (χ2v) is 5.27. The number of carbonyl (C=O) groups excluding carboxylic acids is 2. The SMILES string of the molecule is NC(=O)CN(Cc1ccccc1N)C(=O)C1CCCOC1. The van der Waals surface area contributed by atoms with Crippen LogP contribution in [0.15, 0.2) is 24.3 Å². The van der Waals surface area contributed by atoms with E-state index in [1.54, 1.807) is 6.07 Å². The van der Waals surface area contributed by atoms with Crippen molar-refractivity contribution in [1.82, 2.24) is 4.90 Å². The predicted octanol–water partition coefficient (Wildman–Crippen LogP) is 0.509. The summed E-state index contributed by atoms with van der Waals surface area (Å²) in [4.78, 5) is 25.3. The van der Waals surface area contributed by atoms with Gasteiger partial charge in [0.05, 0.1) is 19.1 Å². The maximum Gasteiger partial charge on any atom is 0.237 e. The zero-order valence-electron chi connectivity index (χ0n) is 12.0. The Balaban J connectivity index is 2.11. The van der Waals surface area contributed by atoms with Crippen LogP contribution < -0.4 is 11.5 Å². The van der Waals surface area contributed by atoms with E-state index in [0.29, 0.717) is 18.9 Å². The summed E-state index contributed by atoms with van der Waals surface area (Å²) in [6.45, 7) is 1.26. The van der Waals surface area contributed by atoms with Gasteiger partial charge >= 0.3 is 0 Å². The molecule has 0 aliphatic carbocycles. The maximum atomic E-state index is 12.5. The minimum Gasteiger partial charge on any atom is -0.398 e. The molecular formula is C15H21N3O3. The van der Waals surface area contributed by atoms with E-state index in [0.717, 1.165) is 18.4 Å². The molecule has 1 aromatic carbocycles. The van der Waals surface area contributed by atoms with Gasteiger partial charge in [0.15, 0.2) is 0 Å². The fourth-order valence-electron chi connectivity index (χ4n) is 2.48. The summed E-state index contributed by atoms with van der Waals surface area (Å²) in [6.07, 6.45) is 1.63. The number of nitrogens with two attached hydrogens (primary N) is 2. The number of anilines is 1. The van der Waals surface area contributed by atoms with E-state index >= 15 is 0 Å². The van der Waals surface area contributed by atoms with Crippen molar-refractivity contribution >= 4 is 17.5 Å².